The largest absolute Gasteiger partial charge is 0.488 e. The van der Waals surface area contributed by atoms with Crippen LogP contribution in [-0.4, -0.2) is 17.1 Å². The maximum Gasteiger partial charge on any atom is 0.189 e. The summed E-state index contributed by atoms with van der Waals surface area (Å²) >= 11 is 0. The number of nitrogens with two attached hydrogens (primary N) is 1. The van der Waals surface area contributed by atoms with Crippen molar-refractivity contribution in [1.82, 2.24) is 5.32 Å². The minimum atomic E-state index is -0.235. The monoisotopic (exact) mass is 291 g/mol. The van der Waals surface area contributed by atoms with Gasteiger partial charge in [0.05, 0.1) is 6.54 Å². The third-order valence-corrected chi connectivity index (χ3v) is 2.56. The number of hydrogen-bond acceptors (Lipinski definition) is 2. The van der Waals surface area contributed by atoms with E-state index in [0.717, 1.165) is 11.3 Å². The molecule has 4 heteroatoms. The molecule has 0 bridgehead atoms. The molecule has 0 aliphatic heterocycles. The zero-order valence-electron chi connectivity index (χ0n) is 14.4. The Balaban J connectivity index is 2.90. The van der Waals surface area contributed by atoms with Crippen molar-refractivity contribution < 1.29 is 4.74 Å². The van der Waals surface area contributed by atoms with Crippen LogP contribution in [-0.2, 0) is 6.54 Å². The maximum atomic E-state index is 6.02. The minimum absolute atomic E-state index is 0.0917. The number of guanidine groups is 1. The first-order chi connectivity index (χ1) is 9.46. The van der Waals surface area contributed by atoms with Gasteiger partial charge < -0.3 is 15.8 Å². The number of nitrogens with zero attached hydrogens (tertiary/aromatic N) is 1. The van der Waals surface area contributed by atoms with E-state index in [-0.39, 0.29) is 11.1 Å². The van der Waals surface area contributed by atoms with Crippen molar-refractivity contribution in [2.45, 2.75) is 66.2 Å². The summed E-state index contributed by atoms with van der Waals surface area (Å²) in [4.78, 5) is 4.40. The maximum absolute atomic E-state index is 6.02. The molecule has 0 saturated heterocycles. The van der Waals surface area contributed by atoms with Gasteiger partial charge in [0, 0.05) is 11.1 Å². The van der Waals surface area contributed by atoms with Gasteiger partial charge >= 0.3 is 0 Å². The van der Waals surface area contributed by atoms with E-state index < -0.39 is 0 Å². The average Bonchev–Trinajstić information content (AvgIpc) is 2.23. The van der Waals surface area contributed by atoms with Crippen molar-refractivity contribution in [2.75, 3.05) is 0 Å². The molecule has 1 rings (SSSR count). The smallest absolute Gasteiger partial charge is 0.189 e. The number of hydrogen-bond donors (Lipinski definition) is 2. The summed E-state index contributed by atoms with van der Waals surface area (Å²) in [6.45, 7) is 14.8. The van der Waals surface area contributed by atoms with Crippen molar-refractivity contribution in [3.8, 4) is 5.75 Å². The molecule has 0 fully saturated rings. The van der Waals surface area contributed by atoms with E-state index in [9.17, 15) is 0 Å². The highest BCUT2D eigenvalue weighted by Gasteiger charge is 2.15. The van der Waals surface area contributed by atoms with Crippen LogP contribution in [0, 0.1) is 6.92 Å². The van der Waals surface area contributed by atoms with Crippen LogP contribution in [0.1, 0.15) is 52.7 Å². The number of benzene rings is 1. The van der Waals surface area contributed by atoms with Crippen molar-refractivity contribution >= 4 is 5.96 Å². The van der Waals surface area contributed by atoms with Crippen LogP contribution in [0.25, 0.3) is 0 Å². The van der Waals surface area contributed by atoms with E-state index in [1.807, 2.05) is 32.9 Å². The first kappa shape index (κ1) is 17.3. The third kappa shape index (κ3) is 7.02. The van der Waals surface area contributed by atoms with Crippen LogP contribution in [0.2, 0.25) is 0 Å². The number of rotatable bonds is 3. The molecular formula is C17H29N3O. The molecule has 21 heavy (non-hydrogen) atoms. The number of aryl methyl sites for hydroxylation is 1. The fraction of sp³-hybridized carbons (Fsp3) is 0.588. The van der Waals surface area contributed by atoms with E-state index in [0.29, 0.717) is 12.5 Å². The van der Waals surface area contributed by atoms with Crippen LogP contribution in [0.15, 0.2) is 23.2 Å². The van der Waals surface area contributed by atoms with Crippen molar-refractivity contribution in [2.24, 2.45) is 10.7 Å². The first-order valence-corrected chi connectivity index (χ1v) is 7.33. The minimum Gasteiger partial charge on any atom is -0.488 e. The van der Waals surface area contributed by atoms with Crippen LogP contribution in [0.4, 0.5) is 0 Å². The highest BCUT2D eigenvalue weighted by atomic mass is 16.5. The van der Waals surface area contributed by atoms with Crippen LogP contribution >= 0.6 is 0 Å². The number of aliphatic imine (C=N–C) groups is 1. The second-order valence-electron chi connectivity index (χ2n) is 7.40. The number of nitrogens with one attached hydrogen (secondary N) is 1. The SMILES string of the molecule is Cc1ccc(CN=C(N)NC(C)(C)C)c(OC(C)(C)C)c1. The molecule has 0 unspecified atom stereocenters. The Morgan fingerprint density at radius 2 is 1.81 bits per heavy atom. The second-order valence-corrected chi connectivity index (χ2v) is 7.40. The zero-order chi connectivity index (χ0) is 16.3. The fourth-order valence-electron chi connectivity index (χ4n) is 1.81. The second kappa shape index (κ2) is 6.37. The molecule has 0 saturated carbocycles. The Bertz CT molecular complexity index is 508. The van der Waals surface area contributed by atoms with E-state index >= 15 is 0 Å². The zero-order valence-corrected chi connectivity index (χ0v) is 14.4. The Morgan fingerprint density at radius 1 is 1.19 bits per heavy atom. The molecule has 4 nitrogen and oxygen atoms in total. The Kier molecular flexibility index (Phi) is 5.26. The lowest BCUT2D eigenvalue weighted by Crippen LogP contribution is -2.44. The van der Waals surface area contributed by atoms with E-state index in [1.54, 1.807) is 0 Å². The van der Waals surface area contributed by atoms with Gasteiger partial charge in [-0.2, -0.15) is 0 Å². The van der Waals surface area contributed by atoms with Gasteiger partial charge in [0.25, 0.3) is 0 Å². The van der Waals surface area contributed by atoms with Crippen molar-refractivity contribution in [1.29, 1.82) is 0 Å². The quantitative estimate of drug-likeness (QED) is 0.663. The lowest BCUT2D eigenvalue weighted by Gasteiger charge is -2.24. The summed E-state index contributed by atoms with van der Waals surface area (Å²) in [5.41, 5.74) is 7.79. The Hall–Kier alpha value is -1.71. The molecule has 1 aromatic rings. The summed E-state index contributed by atoms with van der Waals surface area (Å²) in [5.74, 6) is 1.32. The molecule has 0 radical (unpaired) electrons. The van der Waals surface area contributed by atoms with Gasteiger partial charge in [0.2, 0.25) is 0 Å². The normalized spacial score (nSPS) is 13.2. The van der Waals surface area contributed by atoms with Gasteiger partial charge in [-0.3, -0.25) is 0 Å². The molecule has 0 aliphatic rings. The summed E-state index contributed by atoms with van der Waals surface area (Å²) in [5, 5.41) is 3.16. The van der Waals surface area contributed by atoms with E-state index in [1.165, 1.54) is 5.56 Å². The van der Waals surface area contributed by atoms with E-state index in [4.69, 9.17) is 10.5 Å². The lowest BCUT2D eigenvalue weighted by atomic mass is 10.1. The molecular weight excluding hydrogens is 262 g/mol. The van der Waals surface area contributed by atoms with Gasteiger partial charge in [0.15, 0.2) is 5.96 Å². The van der Waals surface area contributed by atoms with Gasteiger partial charge in [-0.05, 0) is 60.1 Å². The number of ether oxygens (including phenoxy) is 1. The van der Waals surface area contributed by atoms with Crippen LogP contribution in [0.3, 0.4) is 0 Å². The molecule has 0 aliphatic carbocycles. The van der Waals surface area contributed by atoms with Gasteiger partial charge in [-0.15, -0.1) is 0 Å². The predicted molar refractivity (Wildman–Crippen MR) is 89.8 cm³/mol. The Labute approximate surface area is 128 Å². The fourth-order valence-corrected chi connectivity index (χ4v) is 1.81. The molecule has 1 aromatic carbocycles. The molecule has 118 valence electrons. The van der Waals surface area contributed by atoms with Crippen molar-refractivity contribution in [3.05, 3.63) is 29.3 Å². The standard InChI is InChI=1S/C17H29N3O/c1-12-8-9-13(14(10-12)21-17(5,6)7)11-19-15(18)20-16(2,3)4/h8-10H,11H2,1-7H3,(H3,18,19,20). The molecule has 0 aromatic heterocycles. The van der Waals surface area contributed by atoms with Gasteiger partial charge in [-0.25, -0.2) is 4.99 Å². The summed E-state index contributed by atoms with van der Waals surface area (Å²) in [6, 6.07) is 6.15. The van der Waals surface area contributed by atoms with Crippen molar-refractivity contribution in [3.63, 3.8) is 0 Å². The highest BCUT2D eigenvalue weighted by Crippen LogP contribution is 2.25. The van der Waals surface area contributed by atoms with Gasteiger partial charge in [-0.1, -0.05) is 12.1 Å². The molecule has 0 heterocycles. The lowest BCUT2D eigenvalue weighted by molar-refractivity contribution is 0.129. The summed E-state index contributed by atoms with van der Waals surface area (Å²) in [6.07, 6.45) is 0. The summed E-state index contributed by atoms with van der Waals surface area (Å²) < 4.78 is 6.02. The van der Waals surface area contributed by atoms with Crippen LogP contribution < -0.4 is 15.8 Å². The third-order valence-electron chi connectivity index (χ3n) is 2.56. The van der Waals surface area contributed by atoms with Crippen LogP contribution in [0.5, 0.6) is 5.75 Å². The molecule has 0 spiro atoms. The van der Waals surface area contributed by atoms with E-state index in [2.05, 4.69) is 44.1 Å². The molecule has 0 atom stereocenters. The first-order valence-electron chi connectivity index (χ1n) is 7.33. The molecule has 0 amide bonds. The highest BCUT2D eigenvalue weighted by molar-refractivity contribution is 5.78. The molecule has 3 N–H and O–H groups in total. The topological polar surface area (TPSA) is 59.6 Å². The summed E-state index contributed by atoms with van der Waals surface area (Å²) in [7, 11) is 0. The average molecular weight is 291 g/mol. The van der Waals surface area contributed by atoms with Gasteiger partial charge in [0.1, 0.15) is 11.4 Å². The Morgan fingerprint density at radius 3 is 2.33 bits per heavy atom. The predicted octanol–water partition coefficient (Wildman–Crippen LogP) is 3.38.